The number of benzene rings is 1. The highest BCUT2D eigenvalue weighted by atomic mass is 32.2. The van der Waals surface area contributed by atoms with Crippen LogP contribution in [-0.4, -0.2) is 62.8 Å². The molecule has 0 spiro atoms. The van der Waals surface area contributed by atoms with Gasteiger partial charge in [0.15, 0.2) is 0 Å². The first-order chi connectivity index (χ1) is 13.0. The van der Waals surface area contributed by atoms with Crippen molar-refractivity contribution in [2.75, 3.05) is 39.3 Å². The van der Waals surface area contributed by atoms with E-state index in [1.807, 2.05) is 6.92 Å². The van der Waals surface area contributed by atoms with E-state index in [-0.39, 0.29) is 10.8 Å². The minimum Gasteiger partial charge on any atom is -0.351 e. The van der Waals surface area contributed by atoms with Crippen LogP contribution in [0.15, 0.2) is 23.1 Å². The average Bonchev–Trinajstić information content (AvgIpc) is 3.08. The van der Waals surface area contributed by atoms with E-state index in [4.69, 9.17) is 0 Å². The number of nitrogens with one attached hydrogen (secondary N) is 1. The molecule has 6 nitrogen and oxygen atoms in total. The van der Waals surface area contributed by atoms with Gasteiger partial charge in [0.2, 0.25) is 10.0 Å². The molecule has 0 bridgehead atoms. The van der Waals surface area contributed by atoms with Crippen molar-refractivity contribution in [2.45, 2.75) is 50.3 Å². The van der Waals surface area contributed by atoms with Gasteiger partial charge in [-0.2, -0.15) is 4.31 Å². The molecule has 1 amide bonds. The maximum Gasteiger partial charge on any atom is 0.251 e. The van der Waals surface area contributed by atoms with Crippen LogP contribution in [0.2, 0.25) is 0 Å². The SMILES string of the molecule is Cc1ccc(S(=O)(=O)N2CCCC2)cc1C(=O)NCCN1CCCCCC1. The first-order valence-corrected chi connectivity index (χ1v) is 11.5. The number of carbonyl (C=O) groups is 1. The lowest BCUT2D eigenvalue weighted by molar-refractivity contribution is 0.0947. The van der Waals surface area contributed by atoms with Gasteiger partial charge in [0.05, 0.1) is 4.90 Å². The summed E-state index contributed by atoms with van der Waals surface area (Å²) in [5.74, 6) is -0.194. The Hall–Kier alpha value is -1.44. The second-order valence-corrected chi connectivity index (χ2v) is 9.54. The van der Waals surface area contributed by atoms with Crippen LogP contribution in [0.25, 0.3) is 0 Å². The number of rotatable bonds is 6. The largest absolute Gasteiger partial charge is 0.351 e. The molecule has 27 heavy (non-hydrogen) atoms. The van der Waals surface area contributed by atoms with Crippen molar-refractivity contribution in [1.29, 1.82) is 0 Å². The molecule has 7 heteroatoms. The molecule has 0 radical (unpaired) electrons. The summed E-state index contributed by atoms with van der Waals surface area (Å²) in [6.07, 6.45) is 6.83. The minimum atomic E-state index is -3.51. The Kier molecular flexibility index (Phi) is 6.89. The fourth-order valence-corrected chi connectivity index (χ4v) is 5.41. The van der Waals surface area contributed by atoms with Crippen LogP contribution in [0.3, 0.4) is 0 Å². The Morgan fingerprint density at radius 2 is 1.63 bits per heavy atom. The number of hydrogen-bond acceptors (Lipinski definition) is 4. The van der Waals surface area contributed by atoms with Crippen LogP contribution < -0.4 is 5.32 Å². The van der Waals surface area contributed by atoms with E-state index < -0.39 is 10.0 Å². The molecule has 2 saturated heterocycles. The predicted octanol–water partition coefficient (Wildman–Crippen LogP) is 2.39. The summed E-state index contributed by atoms with van der Waals surface area (Å²) in [6.45, 7) is 6.59. The highest BCUT2D eigenvalue weighted by Gasteiger charge is 2.28. The lowest BCUT2D eigenvalue weighted by Crippen LogP contribution is -2.35. The van der Waals surface area contributed by atoms with Crippen molar-refractivity contribution in [3.63, 3.8) is 0 Å². The topological polar surface area (TPSA) is 69.7 Å². The molecule has 2 heterocycles. The molecule has 1 aromatic rings. The van der Waals surface area contributed by atoms with Gasteiger partial charge in [-0.3, -0.25) is 4.79 Å². The molecular formula is C20H31N3O3S. The van der Waals surface area contributed by atoms with Gasteiger partial charge >= 0.3 is 0 Å². The lowest BCUT2D eigenvalue weighted by atomic mass is 10.1. The number of hydrogen-bond donors (Lipinski definition) is 1. The standard InChI is InChI=1S/C20H31N3O3S/c1-17-8-9-18(27(25,26)23-13-6-7-14-23)16-19(17)20(24)21-10-15-22-11-4-2-3-5-12-22/h8-9,16H,2-7,10-15H2,1H3,(H,21,24). The zero-order valence-electron chi connectivity index (χ0n) is 16.2. The molecule has 2 aliphatic rings. The van der Waals surface area contributed by atoms with Crippen molar-refractivity contribution in [1.82, 2.24) is 14.5 Å². The molecule has 150 valence electrons. The minimum absolute atomic E-state index is 0.194. The zero-order chi connectivity index (χ0) is 19.3. The lowest BCUT2D eigenvalue weighted by Gasteiger charge is -2.20. The second kappa shape index (κ2) is 9.17. The number of likely N-dealkylation sites (tertiary alicyclic amines) is 1. The van der Waals surface area contributed by atoms with Crippen LogP contribution in [0, 0.1) is 6.92 Å². The smallest absolute Gasteiger partial charge is 0.251 e. The quantitative estimate of drug-likeness (QED) is 0.806. The first-order valence-electron chi connectivity index (χ1n) is 10.1. The van der Waals surface area contributed by atoms with Crippen LogP contribution >= 0.6 is 0 Å². The third-order valence-electron chi connectivity index (χ3n) is 5.57. The molecule has 0 atom stereocenters. The van der Waals surface area contributed by atoms with Crippen molar-refractivity contribution in [2.24, 2.45) is 0 Å². The summed E-state index contributed by atoms with van der Waals surface area (Å²) in [5.41, 5.74) is 1.24. The molecule has 0 saturated carbocycles. The van der Waals surface area contributed by atoms with Gasteiger partial charge in [-0.25, -0.2) is 8.42 Å². The number of amides is 1. The van der Waals surface area contributed by atoms with E-state index in [0.717, 1.165) is 38.0 Å². The third-order valence-corrected chi connectivity index (χ3v) is 7.46. The van der Waals surface area contributed by atoms with Gasteiger partial charge in [-0.15, -0.1) is 0 Å². The molecule has 1 aromatic carbocycles. The highest BCUT2D eigenvalue weighted by molar-refractivity contribution is 7.89. The summed E-state index contributed by atoms with van der Waals surface area (Å²) in [6, 6.07) is 4.87. The fourth-order valence-electron chi connectivity index (χ4n) is 3.87. The third kappa shape index (κ3) is 5.09. The highest BCUT2D eigenvalue weighted by Crippen LogP contribution is 2.23. The van der Waals surface area contributed by atoms with Crippen LogP contribution in [0.5, 0.6) is 0 Å². The molecule has 0 aromatic heterocycles. The Morgan fingerprint density at radius 3 is 2.30 bits per heavy atom. The van der Waals surface area contributed by atoms with E-state index in [1.54, 1.807) is 12.1 Å². The summed E-state index contributed by atoms with van der Waals surface area (Å²) < 4.78 is 27.0. The number of carbonyl (C=O) groups excluding carboxylic acids is 1. The number of aryl methyl sites for hydroxylation is 1. The average molecular weight is 394 g/mol. The van der Waals surface area contributed by atoms with E-state index >= 15 is 0 Å². The second-order valence-electron chi connectivity index (χ2n) is 7.60. The van der Waals surface area contributed by atoms with Gasteiger partial charge in [-0.05, 0) is 63.4 Å². The molecule has 3 rings (SSSR count). The van der Waals surface area contributed by atoms with Crippen molar-refractivity contribution >= 4 is 15.9 Å². The maximum atomic E-state index is 12.8. The Labute approximate surface area is 163 Å². The van der Waals surface area contributed by atoms with Gasteiger partial charge in [0, 0.05) is 31.7 Å². The number of sulfonamides is 1. The van der Waals surface area contributed by atoms with Crippen molar-refractivity contribution in [3.8, 4) is 0 Å². The summed E-state index contributed by atoms with van der Waals surface area (Å²) in [5, 5.41) is 2.97. The molecule has 0 aliphatic carbocycles. The van der Waals surface area contributed by atoms with E-state index in [2.05, 4.69) is 10.2 Å². The van der Waals surface area contributed by atoms with E-state index in [1.165, 1.54) is 36.1 Å². The van der Waals surface area contributed by atoms with Crippen molar-refractivity contribution in [3.05, 3.63) is 29.3 Å². The van der Waals surface area contributed by atoms with Gasteiger partial charge < -0.3 is 10.2 Å². The monoisotopic (exact) mass is 393 g/mol. The zero-order valence-corrected chi connectivity index (χ0v) is 17.1. The molecule has 1 N–H and O–H groups in total. The summed E-state index contributed by atoms with van der Waals surface area (Å²) in [7, 11) is -3.51. The molecule has 0 unspecified atom stereocenters. The van der Waals surface area contributed by atoms with Crippen LogP contribution in [0.4, 0.5) is 0 Å². The maximum absolute atomic E-state index is 12.8. The Balaban J connectivity index is 1.63. The fraction of sp³-hybridized carbons (Fsp3) is 0.650. The van der Waals surface area contributed by atoms with Crippen LogP contribution in [-0.2, 0) is 10.0 Å². The number of nitrogens with zero attached hydrogens (tertiary/aromatic N) is 2. The van der Waals surface area contributed by atoms with Crippen LogP contribution in [0.1, 0.15) is 54.4 Å². The van der Waals surface area contributed by atoms with Gasteiger partial charge in [0.25, 0.3) is 5.91 Å². The van der Waals surface area contributed by atoms with E-state index in [9.17, 15) is 13.2 Å². The normalized spacial score (nSPS) is 19.7. The molecule has 2 aliphatic heterocycles. The van der Waals surface area contributed by atoms with E-state index in [0.29, 0.717) is 25.2 Å². The first kappa shape index (κ1) is 20.3. The molecular weight excluding hydrogens is 362 g/mol. The van der Waals surface area contributed by atoms with Gasteiger partial charge in [-0.1, -0.05) is 18.9 Å². The Bertz CT molecular complexity index is 750. The summed E-state index contributed by atoms with van der Waals surface area (Å²) in [4.78, 5) is 15.3. The predicted molar refractivity (Wildman–Crippen MR) is 106 cm³/mol. The Morgan fingerprint density at radius 1 is 1.00 bits per heavy atom. The van der Waals surface area contributed by atoms with Gasteiger partial charge in [0.1, 0.15) is 0 Å². The molecule has 2 fully saturated rings. The summed E-state index contributed by atoms with van der Waals surface area (Å²) >= 11 is 0. The van der Waals surface area contributed by atoms with Crippen molar-refractivity contribution < 1.29 is 13.2 Å².